The van der Waals surface area contributed by atoms with Gasteiger partial charge in [-0.2, -0.15) is 13.2 Å². The maximum atomic E-state index is 14.4. The fourth-order valence-electron chi connectivity index (χ4n) is 4.02. The van der Waals surface area contributed by atoms with E-state index in [0.29, 0.717) is 23.7 Å². The van der Waals surface area contributed by atoms with E-state index in [4.69, 9.17) is 0 Å². The van der Waals surface area contributed by atoms with Crippen LogP contribution in [-0.2, 0) is 6.18 Å². The van der Waals surface area contributed by atoms with Crippen LogP contribution in [0, 0.1) is 12.7 Å². The Kier molecular flexibility index (Phi) is 4.98. The summed E-state index contributed by atoms with van der Waals surface area (Å²) in [5, 5.41) is 9.30. The molecule has 1 aliphatic heterocycles. The zero-order valence-corrected chi connectivity index (χ0v) is 16.1. The number of aryl methyl sites for hydroxylation is 1. The average molecular weight is 404 g/mol. The highest BCUT2D eigenvalue weighted by atomic mass is 19.4. The predicted octanol–water partition coefficient (Wildman–Crippen LogP) is 4.97. The summed E-state index contributed by atoms with van der Waals surface area (Å²) in [5.41, 5.74) is 1.29. The molecule has 1 aromatic carbocycles. The number of benzene rings is 1. The van der Waals surface area contributed by atoms with Gasteiger partial charge in [0, 0.05) is 18.1 Å². The number of hydrogen-bond acceptors (Lipinski definition) is 4. The van der Waals surface area contributed by atoms with Crippen LogP contribution in [0.3, 0.4) is 0 Å². The summed E-state index contributed by atoms with van der Waals surface area (Å²) < 4.78 is 52.8. The Hall–Kier alpha value is -2.61. The molecular formula is C21H20F4N4. The van der Waals surface area contributed by atoms with E-state index in [9.17, 15) is 17.6 Å². The highest BCUT2D eigenvalue weighted by Gasteiger charge is 2.32. The number of nitrogens with zero attached hydrogens (tertiary/aromatic N) is 4. The van der Waals surface area contributed by atoms with Gasteiger partial charge >= 0.3 is 6.18 Å². The van der Waals surface area contributed by atoms with E-state index in [1.54, 1.807) is 6.92 Å². The van der Waals surface area contributed by atoms with Crippen LogP contribution in [0.15, 0.2) is 30.5 Å². The Morgan fingerprint density at radius 1 is 1.14 bits per heavy atom. The van der Waals surface area contributed by atoms with Crippen LogP contribution in [0.4, 0.5) is 17.6 Å². The Labute approximate surface area is 165 Å². The molecule has 2 aromatic heterocycles. The molecule has 3 heterocycles. The Morgan fingerprint density at radius 2 is 1.93 bits per heavy atom. The van der Waals surface area contributed by atoms with E-state index in [-0.39, 0.29) is 11.4 Å². The standard InChI is InChI=1S/C21H20F4N4/c1-12-15-6-3-7-16(13-5-4-8-29(2)11-13)19(15)28-27-18(12)20-17(22)9-14(10-26-20)21(23,24)25/h3,6-7,9-10,13H,4-5,8,11H2,1-2H3. The van der Waals surface area contributed by atoms with Crippen molar-refractivity contribution in [3.63, 3.8) is 0 Å². The highest BCUT2D eigenvalue weighted by Crippen LogP contribution is 2.35. The van der Waals surface area contributed by atoms with Gasteiger partial charge < -0.3 is 4.90 Å². The molecule has 0 N–H and O–H groups in total. The molecule has 1 unspecified atom stereocenters. The first-order valence-electron chi connectivity index (χ1n) is 9.43. The molecule has 1 fully saturated rings. The fourth-order valence-corrected chi connectivity index (χ4v) is 4.02. The summed E-state index contributed by atoms with van der Waals surface area (Å²) in [4.78, 5) is 5.98. The molecule has 0 amide bonds. The smallest absolute Gasteiger partial charge is 0.306 e. The average Bonchev–Trinajstić information content (AvgIpc) is 2.68. The second-order valence-corrected chi connectivity index (χ2v) is 7.57. The van der Waals surface area contributed by atoms with Crippen LogP contribution >= 0.6 is 0 Å². The number of fused-ring (bicyclic) bond motifs is 1. The zero-order valence-electron chi connectivity index (χ0n) is 16.1. The number of halogens is 4. The Bertz CT molecular complexity index is 1060. The summed E-state index contributed by atoms with van der Waals surface area (Å²) in [5.74, 6) is -0.737. The molecule has 29 heavy (non-hydrogen) atoms. The molecule has 3 aromatic rings. The first kappa shape index (κ1) is 19.7. The van der Waals surface area contributed by atoms with Crippen molar-refractivity contribution in [1.82, 2.24) is 20.1 Å². The molecular weight excluding hydrogens is 384 g/mol. The van der Waals surface area contributed by atoms with Crippen molar-refractivity contribution in [1.29, 1.82) is 0 Å². The van der Waals surface area contributed by atoms with E-state index in [2.05, 4.69) is 27.1 Å². The van der Waals surface area contributed by atoms with Gasteiger partial charge in [-0.25, -0.2) is 4.39 Å². The van der Waals surface area contributed by atoms with Crippen molar-refractivity contribution in [2.45, 2.75) is 31.9 Å². The van der Waals surface area contributed by atoms with Gasteiger partial charge in [-0.1, -0.05) is 18.2 Å². The number of alkyl halides is 3. The lowest BCUT2D eigenvalue weighted by Crippen LogP contribution is -2.31. The Balaban J connectivity index is 1.80. The molecule has 0 aliphatic carbocycles. The third kappa shape index (κ3) is 3.69. The molecule has 0 bridgehead atoms. The van der Waals surface area contributed by atoms with E-state index in [1.165, 1.54) is 0 Å². The number of likely N-dealkylation sites (tertiary alicyclic amines) is 1. The number of rotatable bonds is 2. The van der Waals surface area contributed by atoms with Gasteiger partial charge in [-0.15, -0.1) is 10.2 Å². The van der Waals surface area contributed by atoms with Crippen molar-refractivity contribution >= 4 is 10.9 Å². The Morgan fingerprint density at radius 3 is 2.62 bits per heavy atom. The predicted molar refractivity (Wildman–Crippen MR) is 102 cm³/mol. The van der Waals surface area contributed by atoms with Crippen molar-refractivity contribution in [2.75, 3.05) is 20.1 Å². The van der Waals surface area contributed by atoms with E-state index >= 15 is 0 Å². The summed E-state index contributed by atoms with van der Waals surface area (Å²) in [6.07, 6.45) is -1.87. The molecule has 0 saturated carbocycles. The molecule has 1 atom stereocenters. The SMILES string of the molecule is Cc1c(-c2ncc(C(F)(F)F)cc2F)nnc2c(C3CCCN(C)C3)cccc12. The van der Waals surface area contributed by atoms with E-state index in [1.807, 2.05) is 18.2 Å². The third-order valence-electron chi connectivity index (χ3n) is 5.53. The normalized spacial score (nSPS) is 18.3. The van der Waals surface area contributed by atoms with Crippen LogP contribution in [0.5, 0.6) is 0 Å². The molecule has 4 rings (SSSR count). The monoisotopic (exact) mass is 404 g/mol. The van der Waals surface area contributed by atoms with Gasteiger partial charge in [-0.05, 0) is 56.5 Å². The van der Waals surface area contributed by atoms with Gasteiger partial charge in [0.25, 0.3) is 0 Å². The van der Waals surface area contributed by atoms with Crippen LogP contribution in [-0.4, -0.2) is 40.2 Å². The van der Waals surface area contributed by atoms with Gasteiger partial charge in [0.2, 0.25) is 0 Å². The minimum absolute atomic E-state index is 0.154. The second kappa shape index (κ2) is 7.33. The molecule has 4 nitrogen and oxygen atoms in total. The van der Waals surface area contributed by atoms with Gasteiger partial charge in [-0.3, -0.25) is 4.98 Å². The minimum atomic E-state index is -4.65. The minimum Gasteiger partial charge on any atom is -0.306 e. The lowest BCUT2D eigenvalue weighted by atomic mass is 9.88. The quantitative estimate of drug-likeness (QED) is 0.566. The first-order valence-corrected chi connectivity index (χ1v) is 9.43. The topological polar surface area (TPSA) is 41.9 Å². The number of hydrogen-bond donors (Lipinski definition) is 0. The number of piperidine rings is 1. The van der Waals surface area contributed by atoms with E-state index in [0.717, 1.165) is 42.4 Å². The summed E-state index contributed by atoms with van der Waals surface area (Å²) in [6.45, 7) is 3.76. The van der Waals surface area contributed by atoms with Crippen LogP contribution < -0.4 is 0 Å². The second-order valence-electron chi connectivity index (χ2n) is 7.57. The van der Waals surface area contributed by atoms with Gasteiger partial charge in [0.1, 0.15) is 11.4 Å². The maximum absolute atomic E-state index is 14.4. The molecule has 0 spiro atoms. The third-order valence-corrected chi connectivity index (χ3v) is 5.53. The molecule has 1 saturated heterocycles. The highest BCUT2D eigenvalue weighted by molar-refractivity contribution is 5.88. The largest absolute Gasteiger partial charge is 0.417 e. The van der Waals surface area contributed by atoms with Gasteiger partial charge in [0.15, 0.2) is 5.82 Å². The number of pyridine rings is 1. The number of likely N-dealkylation sites (N-methyl/N-ethyl adjacent to an activating group) is 1. The molecule has 1 aliphatic rings. The van der Waals surface area contributed by atoms with Crippen LogP contribution in [0.2, 0.25) is 0 Å². The summed E-state index contributed by atoms with van der Waals surface area (Å²) >= 11 is 0. The number of aromatic nitrogens is 3. The van der Waals surface area contributed by atoms with Crippen molar-refractivity contribution < 1.29 is 17.6 Å². The lowest BCUT2D eigenvalue weighted by Gasteiger charge is -2.30. The molecule has 0 radical (unpaired) electrons. The van der Waals surface area contributed by atoms with Crippen LogP contribution in [0.25, 0.3) is 22.3 Å². The van der Waals surface area contributed by atoms with Crippen molar-refractivity contribution in [2.24, 2.45) is 0 Å². The summed E-state index contributed by atoms with van der Waals surface area (Å²) in [6, 6.07) is 6.29. The summed E-state index contributed by atoms with van der Waals surface area (Å²) in [7, 11) is 2.09. The van der Waals surface area contributed by atoms with Crippen molar-refractivity contribution in [3.8, 4) is 11.4 Å². The first-order chi connectivity index (χ1) is 13.8. The molecule has 8 heteroatoms. The molecule has 152 valence electrons. The lowest BCUT2D eigenvalue weighted by molar-refractivity contribution is -0.138. The fraction of sp³-hybridized carbons (Fsp3) is 0.381. The zero-order chi connectivity index (χ0) is 20.8. The van der Waals surface area contributed by atoms with Gasteiger partial charge in [0.05, 0.1) is 11.1 Å². The van der Waals surface area contributed by atoms with Crippen molar-refractivity contribution in [3.05, 3.63) is 53.0 Å². The maximum Gasteiger partial charge on any atom is 0.417 e. The van der Waals surface area contributed by atoms with Crippen LogP contribution in [0.1, 0.15) is 35.4 Å². The van der Waals surface area contributed by atoms with E-state index < -0.39 is 17.6 Å².